The number of amides is 1. The lowest BCUT2D eigenvalue weighted by Crippen LogP contribution is -2.51. The molecule has 1 unspecified atom stereocenters. The van der Waals surface area contributed by atoms with Gasteiger partial charge in [-0.15, -0.1) is 12.4 Å². The third-order valence-electron chi connectivity index (χ3n) is 3.45. The van der Waals surface area contributed by atoms with Gasteiger partial charge in [0.2, 0.25) is 5.91 Å². The van der Waals surface area contributed by atoms with Gasteiger partial charge in [0.15, 0.2) is 0 Å². The number of halogens is 2. The van der Waals surface area contributed by atoms with Crippen molar-refractivity contribution >= 4 is 29.9 Å². The monoisotopic (exact) mass is 316 g/mol. The van der Waals surface area contributed by atoms with Crippen LogP contribution >= 0.6 is 24.0 Å². The van der Waals surface area contributed by atoms with Crippen LogP contribution < -0.4 is 10.6 Å². The molecule has 0 radical (unpaired) electrons. The molecule has 1 atom stereocenters. The first-order valence-corrected chi connectivity index (χ1v) is 7.20. The lowest BCUT2D eigenvalue weighted by molar-refractivity contribution is -0.127. The molecule has 0 aromatic heterocycles. The molecule has 0 saturated carbocycles. The van der Waals surface area contributed by atoms with Gasteiger partial charge in [-0.3, -0.25) is 4.79 Å². The lowest BCUT2D eigenvalue weighted by Gasteiger charge is -2.29. The minimum absolute atomic E-state index is 0. The maximum absolute atomic E-state index is 12.1. The fourth-order valence-corrected chi connectivity index (χ4v) is 2.33. The number of hydrogen-bond donors (Lipinski definition) is 2. The highest BCUT2D eigenvalue weighted by molar-refractivity contribution is 6.30. The molecule has 1 fully saturated rings. The summed E-state index contributed by atoms with van der Waals surface area (Å²) in [6.07, 6.45) is 0.938. The number of benzene rings is 1. The maximum Gasteiger partial charge on any atom is 0.226 e. The van der Waals surface area contributed by atoms with Crippen molar-refractivity contribution in [2.75, 3.05) is 13.1 Å². The van der Waals surface area contributed by atoms with Crippen LogP contribution in [0.3, 0.4) is 0 Å². The highest BCUT2D eigenvalue weighted by Crippen LogP contribution is 2.23. The van der Waals surface area contributed by atoms with E-state index >= 15 is 0 Å². The van der Waals surface area contributed by atoms with Gasteiger partial charge in [-0.2, -0.15) is 0 Å². The van der Waals surface area contributed by atoms with E-state index in [9.17, 15) is 4.79 Å². The SMILES string of the molecule is CC(C)CC(NC(=O)C1CNC1)c1ccc(Cl)cc1.Cl. The zero-order valence-electron chi connectivity index (χ0n) is 11.9. The minimum atomic E-state index is 0. The standard InChI is InChI=1S/C15H21ClN2O.ClH/c1-10(2)7-14(11-3-5-13(16)6-4-11)18-15(19)12-8-17-9-12;/h3-6,10,12,14,17H,7-9H2,1-2H3,(H,18,19);1H. The van der Waals surface area contributed by atoms with E-state index < -0.39 is 0 Å². The van der Waals surface area contributed by atoms with Gasteiger partial charge in [0.1, 0.15) is 0 Å². The lowest BCUT2D eigenvalue weighted by atomic mass is 9.95. The molecule has 2 N–H and O–H groups in total. The highest BCUT2D eigenvalue weighted by Gasteiger charge is 2.27. The van der Waals surface area contributed by atoms with Crippen LogP contribution in [0.2, 0.25) is 5.02 Å². The zero-order chi connectivity index (χ0) is 13.8. The van der Waals surface area contributed by atoms with Crippen molar-refractivity contribution in [1.29, 1.82) is 0 Å². The van der Waals surface area contributed by atoms with Crippen LogP contribution in [0.25, 0.3) is 0 Å². The van der Waals surface area contributed by atoms with Gasteiger partial charge in [0, 0.05) is 18.1 Å². The summed E-state index contributed by atoms with van der Waals surface area (Å²) in [5.74, 6) is 0.807. The molecular formula is C15H22Cl2N2O. The van der Waals surface area contributed by atoms with Gasteiger partial charge in [0.05, 0.1) is 12.0 Å². The van der Waals surface area contributed by atoms with Crippen molar-refractivity contribution in [3.05, 3.63) is 34.9 Å². The van der Waals surface area contributed by atoms with Gasteiger partial charge >= 0.3 is 0 Å². The molecule has 1 saturated heterocycles. The fraction of sp³-hybridized carbons (Fsp3) is 0.533. The first kappa shape index (κ1) is 17.3. The van der Waals surface area contributed by atoms with Crippen molar-refractivity contribution < 1.29 is 4.79 Å². The number of rotatable bonds is 5. The van der Waals surface area contributed by atoms with Crippen LogP contribution in [-0.2, 0) is 4.79 Å². The van der Waals surface area contributed by atoms with Crippen LogP contribution in [-0.4, -0.2) is 19.0 Å². The third kappa shape index (κ3) is 4.65. The second-order valence-corrected chi connectivity index (χ2v) is 6.03. The van der Waals surface area contributed by atoms with Crippen molar-refractivity contribution in [3.63, 3.8) is 0 Å². The van der Waals surface area contributed by atoms with E-state index in [1.54, 1.807) is 0 Å². The summed E-state index contributed by atoms with van der Waals surface area (Å²) in [6.45, 7) is 5.92. The van der Waals surface area contributed by atoms with Crippen molar-refractivity contribution in [2.24, 2.45) is 11.8 Å². The van der Waals surface area contributed by atoms with Gasteiger partial charge in [-0.05, 0) is 30.0 Å². The topological polar surface area (TPSA) is 41.1 Å². The van der Waals surface area contributed by atoms with E-state index in [2.05, 4.69) is 24.5 Å². The molecule has 1 aliphatic heterocycles. The van der Waals surface area contributed by atoms with Crippen LogP contribution in [0.15, 0.2) is 24.3 Å². The first-order chi connectivity index (χ1) is 9.06. The largest absolute Gasteiger partial charge is 0.349 e. The fourth-order valence-electron chi connectivity index (χ4n) is 2.21. The zero-order valence-corrected chi connectivity index (χ0v) is 13.4. The van der Waals surface area contributed by atoms with Gasteiger partial charge in [0.25, 0.3) is 0 Å². The average molecular weight is 317 g/mol. The predicted octanol–water partition coefficient (Wildman–Crippen LogP) is 3.18. The van der Waals surface area contributed by atoms with Gasteiger partial charge in [-0.1, -0.05) is 37.6 Å². The summed E-state index contributed by atoms with van der Waals surface area (Å²) in [6, 6.07) is 7.82. The molecule has 2 rings (SSSR count). The number of nitrogens with one attached hydrogen (secondary N) is 2. The Kier molecular flexibility index (Phi) is 6.80. The summed E-state index contributed by atoms with van der Waals surface area (Å²) in [5, 5.41) is 7.01. The van der Waals surface area contributed by atoms with Crippen LogP contribution in [0.5, 0.6) is 0 Å². The molecule has 20 heavy (non-hydrogen) atoms. The van der Waals surface area contributed by atoms with Crippen LogP contribution in [0, 0.1) is 11.8 Å². The van der Waals surface area contributed by atoms with Crippen molar-refractivity contribution in [3.8, 4) is 0 Å². The molecule has 0 spiro atoms. The highest BCUT2D eigenvalue weighted by atomic mass is 35.5. The Labute approximate surface area is 131 Å². The average Bonchev–Trinajstić information content (AvgIpc) is 2.26. The molecule has 3 nitrogen and oxygen atoms in total. The van der Waals surface area contributed by atoms with Crippen LogP contribution in [0.1, 0.15) is 31.9 Å². The Morgan fingerprint density at radius 2 is 1.95 bits per heavy atom. The van der Waals surface area contributed by atoms with Gasteiger partial charge in [-0.25, -0.2) is 0 Å². The summed E-state index contributed by atoms with van der Waals surface area (Å²) >= 11 is 5.91. The second-order valence-electron chi connectivity index (χ2n) is 5.60. The molecule has 112 valence electrons. The van der Waals surface area contributed by atoms with E-state index in [1.165, 1.54) is 0 Å². The normalized spacial score (nSPS) is 16.2. The van der Waals surface area contributed by atoms with Gasteiger partial charge < -0.3 is 10.6 Å². The van der Waals surface area contributed by atoms with E-state index in [0.29, 0.717) is 5.92 Å². The molecule has 1 aromatic carbocycles. The maximum atomic E-state index is 12.1. The smallest absolute Gasteiger partial charge is 0.226 e. The number of carbonyl (C=O) groups excluding carboxylic acids is 1. The van der Waals surface area contributed by atoms with E-state index in [4.69, 9.17) is 11.6 Å². The summed E-state index contributed by atoms with van der Waals surface area (Å²) in [5.41, 5.74) is 1.12. The molecule has 0 bridgehead atoms. The molecular weight excluding hydrogens is 295 g/mol. The molecule has 1 aliphatic rings. The van der Waals surface area contributed by atoms with E-state index in [-0.39, 0.29) is 30.3 Å². The number of hydrogen-bond acceptors (Lipinski definition) is 2. The van der Waals surface area contributed by atoms with Crippen molar-refractivity contribution in [2.45, 2.75) is 26.3 Å². The molecule has 1 aromatic rings. The Morgan fingerprint density at radius 1 is 1.35 bits per heavy atom. The minimum Gasteiger partial charge on any atom is -0.349 e. The number of carbonyl (C=O) groups is 1. The second kappa shape index (κ2) is 7.87. The summed E-state index contributed by atoms with van der Waals surface area (Å²) < 4.78 is 0. The first-order valence-electron chi connectivity index (χ1n) is 6.83. The molecule has 5 heteroatoms. The molecule has 1 amide bonds. The van der Waals surface area contributed by atoms with Crippen molar-refractivity contribution in [1.82, 2.24) is 10.6 Å². The summed E-state index contributed by atoms with van der Waals surface area (Å²) in [7, 11) is 0. The quantitative estimate of drug-likeness (QED) is 0.876. The summed E-state index contributed by atoms with van der Waals surface area (Å²) in [4.78, 5) is 12.1. The Morgan fingerprint density at radius 3 is 2.40 bits per heavy atom. The Balaban J connectivity index is 0.00000200. The molecule has 1 heterocycles. The van der Waals surface area contributed by atoms with Crippen LogP contribution in [0.4, 0.5) is 0 Å². The Bertz CT molecular complexity index is 430. The van der Waals surface area contributed by atoms with E-state index in [1.807, 2.05) is 24.3 Å². The third-order valence-corrected chi connectivity index (χ3v) is 3.70. The predicted molar refractivity (Wildman–Crippen MR) is 85.4 cm³/mol. The Hall–Kier alpha value is -0.770. The van der Waals surface area contributed by atoms with E-state index in [0.717, 1.165) is 30.1 Å². The molecule has 0 aliphatic carbocycles.